The Morgan fingerprint density at radius 2 is 0.980 bits per heavy atom. The first-order chi connectivity index (χ1) is 24.1. The molecule has 0 amide bonds. The number of aryl methyl sites for hydroxylation is 4. The molecule has 1 aliphatic carbocycles. The third-order valence-electron chi connectivity index (χ3n) is 10.4. The van der Waals surface area contributed by atoms with E-state index in [2.05, 4.69) is 183 Å². The van der Waals surface area contributed by atoms with Crippen molar-refractivity contribution in [3.8, 4) is 33.4 Å². The van der Waals surface area contributed by atoms with Crippen LogP contribution >= 0.6 is 0 Å². The predicted octanol–water partition coefficient (Wildman–Crippen LogP) is 13.2. The number of rotatable bonds is 6. The molecule has 0 aromatic heterocycles. The molecular weight excluding hydrogens is 591 g/mol. The van der Waals surface area contributed by atoms with Gasteiger partial charge in [-0.05, 0) is 123 Å². The van der Waals surface area contributed by atoms with E-state index in [1.54, 1.807) is 0 Å². The lowest BCUT2D eigenvalue weighted by molar-refractivity contribution is 0.840. The van der Waals surface area contributed by atoms with Crippen LogP contribution in [-0.2, 0) is 12.8 Å². The first kappa shape index (κ1) is 29.2. The van der Waals surface area contributed by atoms with Crippen LogP contribution in [0.2, 0.25) is 0 Å². The standard InChI is InChI=1S/C48H37N/c1-32-14-17-34(18-15-32)35-23-25-40(26-24-35)49(41-9-7-8-37(31-41)39-22-20-36-19-21-38(36)30-39)48-29-28-46(44-12-5-6-13-47(44)48)45-27-16-33(2)42-10-3-4-11-43(42)45/h3-18,20,22-31H,19,21H2,1-2H3. The summed E-state index contributed by atoms with van der Waals surface area (Å²) in [5.41, 5.74) is 16.4. The maximum atomic E-state index is 2.43. The van der Waals surface area contributed by atoms with Gasteiger partial charge in [-0.3, -0.25) is 0 Å². The van der Waals surface area contributed by atoms with Crippen molar-refractivity contribution in [1.82, 2.24) is 0 Å². The van der Waals surface area contributed by atoms with Gasteiger partial charge in [0.05, 0.1) is 5.69 Å². The van der Waals surface area contributed by atoms with Crippen LogP contribution in [0.4, 0.5) is 17.1 Å². The Bertz CT molecular complexity index is 2500. The lowest BCUT2D eigenvalue weighted by atomic mass is 9.86. The van der Waals surface area contributed by atoms with Crippen LogP contribution < -0.4 is 4.90 Å². The van der Waals surface area contributed by atoms with E-state index in [0.29, 0.717) is 0 Å². The molecule has 0 atom stereocenters. The quantitative estimate of drug-likeness (QED) is 0.177. The average molecular weight is 628 g/mol. The van der Waals surface area contributed by atoms with E-state index in [0.717, 1.165) is 17.1 Å². The first-order valence-electron chi connectivity index (χ1n) is 17.3. The molecule has 0 unspecified atom stereocenters. The zero-order chi connectivity index (χ0) is 32.9. The minimum absolute atomic E-state index is 1.13. The molecule has 49 heavy (non-hydrogen) atoms. The SMILES string of the molecule is Cc1ccc(-c2ccc(N(c3cccc(-c4ccc5c(c4)CC5)c3)c3ccc(-c4ccc(C)c5ccccc45)c4ccccc34)cc2)cc1. The summed E-state index contributed by atoms with van der Waals surface area (Å²) in [6.45, 7) is 4.33. The van der Waals surface area contributed by atoms with Crippen molar-refractivity contribution in [2.75, 3.05) is 4.90 Å². The van der Waals surface area contributed by atoms with Gasteiger partial charge in [-0.2, -0.15) is 0 Å². The van der Waals surface area contributed by atoms with E-state index < -0.39 is 0 Å². The largest absolute Gasteiger partial charge is 0.310 e. The lowest BCUT2D eigenvalue weighted by Gasteiger charge is -2.28. The molecule has 0 heterocycles. The summed E-state index contributed by atoms with van der Waals surface area (Å²) in [6.07, 6.45) is 2.38. The summed E-state index contributed by atoms with van der Waals surface area (Å²) in [5, 5.41) is 5.05. The van der Waals surface area contributed by atoms with Crippen LogP contribution in [0.1, 0.15) is 22.3 Å². The third kappa shape index (κ3) is 5.19. The molecule has 234 valence electrons. The first-order valence-corrected chi connectivity index (χ1v) is 17.3. The van der Waals surface area contributed by atoms with E-state index in [9.17, 15) is 0 Å². The topological polar surface area (TPSA) is 3.24 Å². The number of hydrogen-bond acceptors (Lipinski definition) is 1. The smallest absolute Gasteiger partial charge is 0.0540 e. The zero-order valence-corrected chi connectivity index (χ0v) is 27.9. The molecule has 0 aliphatic heterocycles. The van der Waals surface area contributed by atoms with Crippen LogP contribution in [0.15, 0.2) is 164 Å². The summed E-state index contributed by atoms with van der Waals surface area (Å²) in [5.74, 6) is 0. The van der Waals surface area contributed by atoms with Gasteiger partial charge in [-0.25, -0.2) is 0 Å². The second kappa shape index (κ2) is 12.0. The molecule has 1 nitrogen and oxygen atoms in total. The summed E-state index contributed by atoms with van der Waals surface area (Å²) in [4.78, 5) is 2.43. The van der Waals surface area contributed by atoms with E-state index in [1.165, 1.54) is 90.0 Å². The highest BCUT2D eigenvalue weighted by Crippen LogP contribution is 2.44. The number of benzene rings is 8. The maximum absolute atomic E-state index is 2.43. The van der Waals surface area contributed by atoms with Crippen molar-refractivity contribution < 1.29 is 0 Å². The predicted molar refractivity (Wildman–Crippen MR) is 209 cm³/mol. The van der Waals surface area contributed by atoms with Gasteiger partial charge in [0.2, 0.25) is 0 Å². The third-order valence-corrected chi connectivity index (χ3v) is 10.4. The normalized spacial score (nSPS) is 12.1. The van der Waals surface area contributed by atoms with E-state index in [-0.39, 0.29) is 0 Å². The average Bonchev–Trinajstić information content (AvgIpc) is 3.14. The number of anilines is 3. The second-order valence-corrected chi connectivity index (χ2v) is 13.4. The molecule has 1 aliphatic rings. The van der Waals surface area contributed by atoms with Crippen molar-refractivity contribution >= 4 is 38.6 Å². The van der Waals surface area contributed by atoms with Crippen LogP contribution in [0.25, 0.3) is 54.9 Å². The van der Waals surface area contributed by atoms with Crippen molar-refractivity contribution in [2.45, 2.75) is 26.7 Å². The molecule has 0 saturated heterocycles. The van der Waals surface area contributed by atoms with Gasteiger partial charge >= 0.3 is 0 Å². The van der Waals surface area contributed by atoms with Gasteiger partial charge in [0.1, 0.15) is 0 Å². The minimum Gasteiger partial charge on any atom is -0.310 e. The summed E-state index contributed by atoms with van der Waals surface area (Å²) < 4.78 is 0. The van der Waals surface area contributed by atoms with Crippen LogP contribution in [0.5, 0.6) is 0 Å². The molecule has 8 aromatic rings. The molecular formula is C48H37N. The van der Waals surface area contributed by atoms with Gasteiger partial charge in [-0.1, -0.05) is 139 Å². The second-order valence-electron chi connectivity index (χ2n) is 13.4. The van der Waals surface area contributed by atoms with Crippen molar-refractivity contribution in [3.63, 3.8) is 0 Å². The van der Waals surface area contributed by atoms with Gasteiger partial charge in [0.15, 0.2) is 0 Å². The molecule has 0 spiro atoms. The Balaban J connectivity index is 1.23. The molecule has 9 rings (SSSR count). The molecule has 0 radical (unpaired) electrons. The van der Waals surface area contributed by atoms with Crippen molar-refractivity contribution in [2.24, 2.45) is 0 Å². The highest BCUT2D eigenvalue weighted by Gasteiger charge is 2.20. The highest BCUT2D eigenvalue weighted by atomic mass is 15.1. The Hall–Kier alpha value is -5.92. The fourth-order valence-electron chi connectivity index (χ4n) is 7.57. The Morgan fingerprint density at radius 3 is 1.67 bits per heavy atom. The molecule has 0 fully saturated rings. The van der Waals surface area contributed by atoms with Crippen LogP contribution in [0, 0.1) is 13.8 Å². The number of hydrogen-bond donors (Lipinski definition) is 0. The van der Waals surface area contributed by atoms with Crippen LogP contribution in [0.3, 0.4) is 0 Å². The van der Waals surface area contributed by atoms with Crippen molar-refractivity contribution in [1.29, 1.82) is 0 Å². The molecule has 0 bridgehead atoms. The van der Waals surface area contributed by atoms with Gasteiger partial charge in [0, 0.05) is 16.8 Å². The number of fused-ring (bicyclic) bond motifs is 3. The molecule has 8 aromatic carbocycles. The van der Waals surface area contributed by atoms with E-state index in [4.69, 9.17) is 0 Å². The maximum Gasteiger partial charge on any atom is 0.0540 e. The Kier molecular flexibility index (Phi) is 7.13. The Morgan fingerprint density at radius 1 is 0.388 bits per heavy atom. The number of nitrogens with zero attached hydrogens (tertiary/aromatic N) is 1. The summed E-state index contributed by atoms with van der Waals surface area (Å²) in [7, 11) is 0. The van der Waals surface area contributed by atoms with Gasteiger partial charge in [-0.15, -0.1) is 0 Å². The zero-order valence-electron chi connectivity index (χ0n) is 27.9. The summed E-state index contributed by atoms with van der Waals surface area (Å²) >= 11 is 0. The van der Waals surface area contributed by atoms with Gasteiger partial charge in [0.25, 0.3) is 0 Å². The summed E-state index contributed by atoms with van der Waals surface area (Å²) in [6, 6.07) is 60.7. The lowest BCUT2D eigenvalue weighted by Crippen LogP contribution is -2.11. The monoisotopic (exact) mass is 627 g/mol. The molecule has 1 heteroatoms. The van der Waals surface area contributed by atoms with E-state index >= 15 is 0 Å². The van der Waals surface area contributed by atoms with Crippen molar-refractivity contribution in [3.05, 3.63) is 186 Å². The van der Waals surface area contributed by atoms with E-state index in [1.807, 2.05) is 0 Å². The highest BCUT2D eigenvalue weighted by molar-refractivity contribution is 6.10. The Labute approximate surface area is 288 Å². The molecule has 0 saturated carbocycles. The molecule has 0 N–H and O–H groups in total. The van der Waals surface area contributed by atoms with Gasteiger partial charge < -0.3 is 4.90 Å². The minimum atomic E-state index is 1.13. The fourth-order valence-corrected chi connectivity index (χ4v) is 7.57. The fraction of sp³-hybridized carbons (Fsp3) is 0.0833. The van der Waals surface area contributed by atoms with Crippen LogP contribution in [-0.4, -0.2) is 0 Å².